The van der Waals surface area contributed by atoms with Crippen LogP contribution in [-0.4, -0.2) is 19.0 Å². The SMILES string of the molecule is CC(NC(=O)C1CCNC1)c1ccc2ccccc2c1.Cl. The number of halogens is 1. The van der Waals surface area contributed by atoms with Gasteiger partial charge < -0.3 is 10.6 Å². The van der Waals surface area contributed by atoms with Crippen molar-refractivity contribution in [3.63, 3.8) is 0 Å². The van der Waals surface area contributed by atoms with E-state index in [1.807, 2.05) is 19.1 Å². The van der Waals surface area contributed by atoms with Crippen LogP contribution in [0.2, 0.25) is 0 Å². The monoisotopic (exact) mass is 304 g/mol. The number of fused-ring (bicyclic) bond motifs is 1. The average Bonchev–Trinajstić information content (AvgIpc) is 3.01. The minimum Gasteiger partial charge on any atom is -0.349 e. The standard InChI is InChI=1S/C17H20N2O.ClH/c1-12(19-17(20)16-8-9-18-11-16)14-7-6-13-4-2-3-5-15(13)10-14;/h2-7,10,12,16,18H,8-9,11H2,1H3,(H,19,20);1H. The molecule has 0 aliphatic carbocycles. The number of amides is 1. The fourth-order valence-electron chi connectivity index (χ4n) is 2.77. The van der Waals surface area contributed by atoms with Gasteiger partial charge in [0.25, 0.3) is 0 Å². The van der Waals surface area contributed by atoms with Crippen LogP contribution in [-0.2, 0) is 4.79 Å². The molecule has 1 aliphatic heterocycles. The first kappa shape index (κ1) is 15.8. The lowest BCUT2D eigenvalue weighted by molar-refractivity contribution is -0.125. The van der Waals surface area contributed by atoms with Crippen LogP contribution in [0.4, 0.5) is 0 Å². The fourth-order valence-corrected chi connectivity index (χ4v) is 2.77. The average molecular weight is 305 g/mol. The van der Waals surface area contributed by atoms with Crippen LogP contribution in [0, 0.1) is 5.92 Å². The third kappa shape index (κ3) is 3.55. The Hall–Kier alpha value is -1.58. The Bertz CT molecular complexity index is 623. The summed E-state index contributed by atoms with van der Waals surface area (Å²) in [7, 11) is 0. The molecule has 3 rings (SSSR count). The topological polar surface area (TPSA) is 41.1 Å². The Labute approximate surface area is 131 Å². The van der Waals surface area contributed by atoms with E-state index in [1.54, 1.807) is 0 Å². The molecule has 1 amide bonds. The number of rotatable bonds is 3. The summed E-state index contributed by atoms with van der Waals surface area (Å²) < 4.78 is 0. The van der Waals surface area contributed by atoms with Crippen LogP contribution in [0.3, 0.4) is 0 Å². The van der Waals surface area contributed by atoms with Crippen molar-refractivity contribution in [2.75, 3.05) is 13.1 Å². The van der Waals surface area contributed by atoms with Gasteiger partial charge in [-0.3, -0.25) is 4.79 Å². The molecular formula is C17H21ClN2O. The highest BCUT2D eigenvalue weighted by Crippen LogP contribution is 2.21. The zero-order chi connectivity index (χ0) is 13.9. The summed E-state index contributed by atoms with van der Waals surface area (Å²) in [6, 6.07) is 14.7. The van der Waals surface area contributed by atoms with Crippen LogP contribution in [0.15, 0.2) is 42.5 Å². The van der Waals surface area contributed by atoms with Gasteiger partial charge in [0.2, 0.25) is 5.91 Å². The van der Waals surface area contributed by atoms with Gasteiger partial charge in [0, 0.05) is 6.54 Å². The third-order valence-electron chi connectivity index (χ3n) is 4.06. The van der Waals surface area contributed by atoms with Crippen molar-refractivity contribution in [3.8, 4) is 0 Å². The lowest BCUT2D eigenvalue weighted by atomic mass is 10.0. The second-order valence-corrected chi connectivity index (χ2v) is 5.53. The van der Waals surface area contributed by atoms with Gasteiger partial charge in [0.1, 0.15) is 0 Å². The van der Waals surface area contributed by atoms with Crippen molar-refractivity contribution in [3.05, 3.63) is 48.0 Å². The Kier molecular flexibility index (Phi) is 5.21. The number of hydrogen-bond acceptors (Lipinski definition) is 2. The second-order valence-electron chi connectivity index (χ2n) is 5.53. The van der Waals surface area contributed by atoms with Crippen LogP contribution in [0.5, 0.6) is 0 Å². The van der Waals surface area contributed by atoms with E-state index < -0.39 is 0 Å². The van der Waals surface area contributed by atoms with Crippen LogP contribution >= 0.6 is 12.4 Å². The molecule has 2 N–H and O–H groups in total. The third-order valence-corrected chi connectivity index (χ3v) is 4.06. The summed E-state index contributed by atoms with van der Waals surface area (Å²) in [4.78, 5) is 12.1. The van der Waals surface area contributed by atoms with E-state index in [0.717, 1.165) is 25.1 Å². The molecule has 0 radical (unpaired) electrons. The molecule has 0 aromatic heterocycles. The van der Waals surface area contributed by atoms with Gasteiger partial charge >= 0.3 is 0 Å². The molecule has 4 heteroatoms. The van der Waals surface area contributed by atoms with E-state index in [2.05, 4.69) is 41.0 Å². The molecular weight excluding hydrogens is 284 g/mol. The van der Waals surface area contributed by atoms with Gasteiger partial charge in [-0.05, 0) is 42.3 Å². The fraction of sp³-hybridized carbons (Fsp3) is 0.353. The van der Waals surface area contributed by atoms with E-state index in [0.29, 0.717) is 0 Å². The summed E-state index contributed by atoms with van der Waals surface area (Å²) in [5.41, 5.74) is 1.16. The first-order valence-corrected chi connectivity index (χ1v) is 7.24. The highest BCUT2D eigenvalue weighted by Gasteiger charge is 2.23. The molecule has 2 aromatic rings. The molecule has 2 atom stereocenters. The van der Waals surface area contributed by atoms with E-state index in [1.165, 1.54) is 10.8 Å². The van der Waals surface area contributed by atoms with Crippen molar-refractivity contribution in [1.82, 2.24) is 10.6 Å². The highest BCUT2D eigenvalue weighted by atomic mass is 35.5. The lowest BCUT2D eigenvalue weighted by Crippen LogP contribution is -2.33. The van der Waals surface area contributed by atoms with Crippen molar-refractivity contribution in [2.45, 2.75) is 19.4 Å². The molecule has 0 saturated carbocycles. The first-order valence-electron chi connectivity index (χ1n) is 7.24. The van der Waals surface area contributed by atoms with E-state index in [4.69, 9.17) is 0 Å². The molecule has 0 spiro atoms. The highest BCUT2D eigenvalue weighted by molar-refractivity contribution is 5.85. The second kappa shape index (κ2) is 6.92. The molecule has 21 heavy (non-hydrogen) atoms. The zero-order valence-corrected chi connectivity index (χ0v) is 13.0. The van der Waals surface area contributed by atoms with Crippen molar-refractivity contribution in [2.24, 2.45) is 5.92 Å². The maximum absolute atomic E-state index is 12.1. The molecule has 3 nitrogen and oxygen atoms in total. The molecule has 112 valence electrons. The minimum absolute atomic E-state index is 0. The Balaban J connectivity index is 0.00000161. The minimum atomic E-state index is 0. The molecule has 1 aliphatic rings. The predicted octanol–water partition coefficient (Wildman–Crippen LogP) is 3.05. The molecule has 1 fully saturated rings. The zero-order valence-electron chi connectivity index (χ0n) is 12.1. The summed E-state index contributed by atoms with van der Waals surface area (Å²) >= 11 is 0. The van der Waals surface area contributed by atoms with Gasteiger partial charge in [-0.25, -0.2) is 0 Å². The van der Waals surface area contributed by atoms with Gasteiger partial charge in [-0.2, -0.15) is 0 Å². The summed E-state index contributed by atoms with van der Waals surface area (Å²) in [5.74, 6) is 0.286. The van der Waals surface area contributed by atoms with Crippen molar-refractivity contribution < 1.29 is 4.79 Å². The number of carbonyl (C=O) groups excluding carboxylic acids is 1. The lowest BCUT2D eigenvalue weighted by Gasteiger charge is -2.17. The van der Waals surface area contributed by atoms with Crippen LogP contribution in [0.1, 0.15) is 24.9 Å². The molecule has 0 bridgehead atoms. The van der Waals surface area contributed by atoms with E-state index in [9.17, 15) is 4.79 Å². The summed E-state index contributed by atoms with van der Waals surface area (Å²) in [6.45, 7) is 3.79. The van der Waals surface area contributed by atoms with Crippen LogP contribution in [0.25, 0.3) is 10.8 Å². The summed E-state index contributed by atoms with van der Waals surface area (Å²) in [5, 5.41) is 8.80. The van der Waals surface area contributed by atoms with Gasteiger partial charge in [-0.15, -0.1) is 12.4 Å². The molecule has 2 aromatic carbocycles. The first-order chi connectivity index (χ1) is 9.74. The molecule has 2 unspecified atom stereocenters. The van der Waals surface area contributed by atoms with Gasteiger partial charge in [-0.1, -0.05) is 36.4 Å². The molecule has 1 saturated heterocycles. The van der Waals surface area contributed by atoms with Crippen molar-refractivity contribution in [1.29, 1.82) is 0 Å². The van der Waals surface area contributed by atoms with Crippen LogP contribution < -0.4 is 10.6 Å². The van der Waals surface area contributed by atoms with Gasteiger partial charge in [0.05, 0.1) is 12.0 Å². The maximum Gasteiger partial charge on any atom is 0.224 e. The number of nitrogens with one attached hydrogen (secondary N) is 2. The quantitative estimate of drug-likeness (QED) is 0.915. The Morgan fingerprint density at radius 1 is 1.24 bits per heavy atom. The van der Waals surface area contributed by atoms with E-state index >= 15 is 0 Å². The Morgan fingerprint density at radius 3 is 2.71 bits per heavy atom. The normalized spacial score (nSPS) is 19.0. The number of benzene rings is 2. The van der Waals surface area contributed by atoms with E-state index in [-0.39, 0.29) is 30.3 Å². The van der Waals surface area contributed by atoms with Gasteiger partial charge in [0.15, 0.2) is 0 Å². The Morgan fingerprint density at radius 2 is 2.00 bits per heavy atom. The smallest absolute Gasteiger partial charge is 0.224 e. The largest absolute Gasteiger partial charge is 0.349 e. The predicted molar refractivity (Wildman–Crippen MR) is 88.7 cm³/mol. The van der Waals surface area contributed by atoms with Crippen molar-refractivity contribution >= 4 is 29.1 Å². The summed E-state index contributed by atoms with van der Waals surface area (Å²) in [6.07, 6.45) is 0.941. The molecule has 1 heterocycles. The number of hydrogen-bond donors (Lipinski definition) is 2. The maximum atomic E-state index is 12.1. The number of carbonyl (C=O) groups is 1.